The second-order valence-electron chi connectivity index (χ2n) is 7.55. The summed E-state index contributed by atoms with van der Waals surface area (Å²) >= 11 is 6.50. The summed E-state index contributed by atoms with van der Waals surface area (Å²) in [5, 5.41) is 3.64. The zero-order chi connectivity index (χ0) is 19.5. The van der Waals surface area contributed by atoms with Crippen molar-refractivity contribution in [3.63, 3.8) is 0 Å². The molecule has 0 aliphatic carbocycles. The van der Waals surface area contributed by atoms with Crippen molar-refractivity contribution in [2.45, 2.75) is 38.1 Å². The topological polar surface area (TPSA) is 35.6 Å². The lowest BCUT2D eigenvalue weighted by molar-refractivity contribution is 0.207. The summed E-state index contributed by atoms with van der Waals surface area (Å²) in [6, 6.07) is 12.0. The predicted molar refractivity (Wildman–Crippen MR) is 112 cm³/mol. The number of nitrogens with one attached hydrogen (secondary N) is 1. The van der Waals surface area contributed by atoms with Crippen LogP contribution in [0.3, 0.4) is 0 Å². The van der Waals surface area contributed by atoms with Gasteiger partial charge in [0.25, 0.3) is 0 Å². The lowest BCUT2D eigenvalue weighted by Crippen LogP contribution is -2.34. The Labute approximate surface area is 170 Å². The molecule has 0 aromatic heterocycles. The molecular weight excluding hydrogens is 377 g/mol. The number of carbonyl (C=O) groups excluding carboxylic acids is 1. The van der Waals surface area contributed by atoms with Gasteiger partial charge in [-0.1, -0.05) is 23.7 Å². The zero-order valence-corrected chi connectivity index (χ0v) is 16.6. The molecule has 4 nitrogen and oxygen atoms in total. The number of rotatable bonds is 3. The largest absolute Gasteiger partial charge is 0.370 e. The SMILES string of the molecule is O=C(Nc1ccc(N2CCCCC2)c(Cl)c1)N1CCCC1c1ccc(F)cc1. The highest BCUT2D eigenvalue weighted by molar-refractivity contribution is 6.33. The van der Waals surface area contributed by atoms with E-state index in [4.69, 9.17) is 11.6 Å². The van der Waals surface area contributed by atoms with Gasteiger partial charge in [-0.2, -0.15) is 0 Å². The number of halogens is 2. The van der Waals surface area contributed by atoms with Crippen LogP contribution in [0.25, 0.3) is 0 Å². The van der Waals surface area contributed by atoms with Gasteiger partial charge < -0.3 is 15.1 Å². The molecule has 0 radical (unpaired) electrons. The number of benzene rings is 2. The zero-order valence-electron chi connectivity index (χ0n) is 15.8. The molecule has 0 spiro atoms. The third-order valence-electron chi connectivity index (χ3n) is 5.66. The number of amides is 2. The van der Waals surface area contributed by atoms with E-state index in [1.165, 1.54) is 31.4 Å². The quantitative estimate of drug-likeness (QED) is 0.701. The molecule has 1 unspecified atom stereocenters. The second kappa shape index (κ2) is 8.39. The van der Waals surface area contributed by atoms with Crippen LogP contribution in [0.5, 0.6) is 0 Å². The molecule has 2 aromatic carbocycles. The maximum absolute atomic E-state index is 13.2. The third-order valence-corrected chi connectivity index (χ3v) is 5.97. The molecule has 28 heavy (non-hydrogen) atoms. The van der Waals surface area contributed by atoms with E-state index in [0.717, 1.165) is 37.2 Å². The maximum Gasteiger partial charge on any atom is 0.322 e. The molecule has 2 aromatic rings. The van der Waals surface area contributed by atoms with Crippen LogP contribution in [-0.2, 0) is 0 Å². The molecule has 1 atom stereocenters. The molecule has 2 heterocycles. The summed E-state index contributed by atoms with van der Waals surface area (Å²) in [6.45, 7) is 2.74. The molecule has 2 fully saturated rings. The second-order valence-corrected chi connectivity index (χ2v) is 7.95. The van der Waals surface area contributed by atoms with Gasteiger partial charge in [-0.05, 0) is 68.0 Å². The van der Waals surface area contributed by atoms with Crippen molar-refractivity contribution in [3.8, 4) is 0 Å². The monoisotopic (exact) mass is 401 g/mol. The Bertz CT molecular complexity index is 836. The molecule has 2 amide bonds. The van der Waals surface area contributed by atoms with E-state index in [9.17, 15) is 9.18 Å². The van der Waals surface area contributed by atoms with Crippen molar-refractivity contribution in [1.82, 2.24) is 4.90 Å². The fraction of sp³-hybridized carbons (Fsp3) is 0.409. The normalized spacial score (nSPS) is 19.7. The highest BCUT2D eigenvalue weighted by atomic mass is 35.5. The highest BCUT2D eigenvalue weighted by Gasteiger charge is 2.30. The molecule has 0 bridgehead atoms. The lowest BCUT2D eigenvalue weighted by Gasteiger charge is -2.30. The van der Waals surface area contributed by atoms with Crippen LogP contribution in [0.15, 0.2) is 42.5 Å². The highest BCUT2D eigenvalue weighted by Crippen LogP contribution is 2.34. The lowest BCUT2D eigenvalue weighted by atomic mass is 10.0. The van der Waals surface area contributed by atoms with Crippen molar-refractivity contribution in [3.05, 3.63) is 58.9 Å². The summed E-state index contributed by atoms with van der Waals surface area (Å²) in [5.74, 6) is -0.263. The minimum atomic E-state index is -0.263. The first-order chi connectivity index (χ1) is 13.6. The fourth-order valence-electron chi connectivity index (χ4n) is 4.21. The minimum absolute atomic E-state index is 0.0244. The van der Waals surface area contributed by atoms with Crippen molar-refractivity contribution in [2.75, 3.05) is 29.9 Å². The van der Waals surface area contributed by atoms with Gasteiger partial charge in [-0.15, -0.1) is 0 Å². The first-order valence-corrected chi connectivity index (χ1v) is 10.4. The van der Waals surface area contributed by atoms with Crippen LogP contribution in [0.4, 0.5) is 20.6 Å². The van der Waals surface area contributed by atoms with Crippen LogP contribution < -0.4 is 10.2 Å². The van der Waals surface area contributed by atoms with Gasteiger partial charge in [0.1, 0.15) is 5.82 Å². The van der Waals surface area contributed by atoms with E-state index in [1.54, 1.807) is 12.1 Å². The van der Waals surface area contributed by atoms with E-state index < -0.39 is 0 Å². The van der Waals surface area contributed by atoms with E-state index in [-0.39, 0.29) is 17.9 Å². The van der Waals surface area contributed by atoms with E-state index in [1.807, 2.05) is 23.1 Å². The van der Waals surface area contributed by atoms with Crippen LogP contribution in [0.1, 0.15) is 43.7 Å². The van der Waals surface area contributed by atoms with Gasteiger partial charge in [-0.3, -0.25) is 0 Å². The molecule has 6 heteroatoms. The molecule has 2 aliphatic heterocycles. The Kier molecular flexibility index (Phi) is 5.72. The first kappa shape index (κ1) is 19.1. The molecule has 2 saturated heterocycles. The number of nitrogens with zero attached hydrogens (tertiary/aromatic N) is 2. The maximum atomic E-state index is 13.2. The summed E-state index contributed by atoms with van der Waals surface area (Å²) in [6.07, 6.45) is 5.47. The fourth-order valence-corrected chi connectivity index (χ4v) is 4.51. The standard InChI is InChI=1S/C22H25ClFN3O/c23-19-15-18(10-11-21(19)26-12-2-1-3-13-26)25-22(28)27-14-4-5-20(27)16-6-8-17(24)9-7-16/h6-11,15,20H,1-5,12-14H2,(H,25,28). The van der Waals surface area contributed by atoms with E-state index in [2.05, 4.69) is 10.2 Å². The predicted octanol–water partition coefficient (Wildman–Crippen LogP) is 5.84. The minimum Gasteiger partial charge on any atom is -0.370 e. The molecule has 2 aliphatic rings. The van der Waals surface area contributed by atoms with Gasteiger partial charge >= 0.3 is 6.03 Å². The van der Waals surface area contributed by atoms with Crippen LogP contribution >= 0.6 is 11.6 Å². The van der Waals surface area contributed by atoms with Crippen molar-refractivity contribution in [1.29, 1.82) is 0 Å². The molecule has 0 saturated carbocycles. The number of anilines is 2. The van der Waals surface area contributed by atoms with Crippen molar-refractivity contribution < 1.29 is 9.18 Å². The number of likely N-dealkylation sites (tertiary alicyclic amines) is 1. The van der Waals surface area contributed by atoms with Gasteiger partial charge in [0.05, 0.1) is 16.8 Å². The number of urea groups is 1. The Morgan fingerprint density at radius 1 is 1.00 bits per heavy atom. The first-order valence-electron chi connectivity index (χ1n) is 9.99. The van der Waals surface area contributed by atoms with Gasteiger partial charge in [0.2, 0.25) is 0 Å². The van der Waals surface area contributed by atoms with Gasteiger partial charge in [-0.25, -0.2) is 9.18 Å². The summed E-state index contributed by atoms with van der Waals surface area (Å²) in [7, 11) is 0. The van der Waals surface area contributed by atoms with Gasteiger partial charge in [0.15, 0.2) is 0 Å². The Morgan fingerprint density at radius 3 is 2.46 bits per heavy atom. The van der Waals surface area contributed by atoms with Crippen LogP contribution in [0.2, 0.25) is 5.02 Å². The van der Waals surface area contributed by atoms with Crippen LogP contribution in [-0.4, -0.2) is 30.6 Å². The summed E-state index contributed by atoms with van der Waals surface area (Å²) in [5.41, 5.74) is 2.69. The Balaban J connectivity index is 1.45. The molecular formula is C22H25ClFN3O. The molecule has 1 N–H and O–H groups in total. The molecule has 148 valence electrons. The Morgan fingerprint density at radius 2 is 1.75 bits per heavy atom. The smallest absolute Gasteiger partial charge is 0.322 e. The van der Waals surface area contributed by atoms with E-state index in [0.29, 0.717) is 17.3 Å². The number of hydrogen-bond donors (Lipinski definition) is 1. The van der Waals surface area contributed by atoms with E-state index >= 15 is 0 Å². The van der Waals surface area contributed by atoms with Crippen LogP contribution in [0, 0.1) is 5.82 Å². The molecule has 4 rings (SSSR count). The summed E-state index contributed by atoms with van der Waals surface area (Å²) < 4.78 is 13.2. The summed E-state index contributed by atoms with van der Waals surface area (Å²) in [4.78, 5) is 17.0. The average molecular weight is 402 g/mol. The number of hydrogen-bond acceptors (Lipinski definition) is 2. The third kappa shape index (κ3) is 4.09. The number of piperidine rings is 1. The van der Waals surface area contributed by atoms with Crippen molar-refractivity contribution in [2.24, 2.45) is 0 Å². The Hall–Kier alpha value is -2.27. The van der Waals surface area contributed by atoms with Crippen molar-refractivity contribution >= 4 is 29.0 Å². The number of carbonyl (C=O) groups is 1. The van der Waals surface area contributed by atoms with Gasteiger partial charge in [0, 0.05) is 25.3 Å². The average Bonchev–Trinajstić information content (AvgIpc) is 3.19.